The monoisotopic (exact) mass is 606 g/mol. The third-order valence-corrected chi connectivity index (χ3v) is 7.24. The molecule has 0 radical (unpaired) electrons. The van der Waals surface area contributed by atoms with Crippen molar-refractivity contribution in [2.75, 3.05) is 25.6 Å². The number of benzene rings is 1. The van der Waals surface area contributed by atoms with Gasteiger partial charge in [0.15, 0.2) is 5.15 Å². The zero-order chi connectivity index (χ0) is 29.2. The van der Waals surface area contributed by atoms with Crippen molar-refractivity contribution in [1.29, 1.82) is 0 Å². The smallest absolute Gasteiger partial charge is 0.411 e. The number of nitrogens with one attached hydrogen (secondary N) is 2. The maximum absolute atomic E-state index is 13.5. The Morgan fingerprint density at radius 2 is 2.00 bits per heavy atom. The molecule has 4 aromatic heterocycles. The molecule has 0 unspecified atom stereocenters. The van der Waals surface area contributed by atoms with Crippen LogP contribution >= 0.6 is 23.2 Å². The van der Waals surface area contributed by atoms with Crippen LogP contribution in [0.25, 0.3) is 28.2 Å². The summed E-state index contributed by atoms with van der Waals surface area (Å²) in [4.78, 5) is 37.6. The topological polar surface area (TPSA) is 142 Å². The van der Waals surface area contributed by atoms with Gasteiger partial charge in [-0.05, 0) is 54.8 Å². The van der Waals surface area contributed by atoms with Crippen molar-refractivity contribution in [1.82, 2.24) is 34.5 Å². The Bertz CT molecular complexity index is 1820. The van der Waals surface area contributed by atoms with Gasteiger partial charge in [0, 0.05) is 29.5 Å². The van der Waals surface area contributed by atoms with Gasteiger partial charge in [-0.1, -0.05) is 28.4 Å². The molecule has 214 valence electrons. The average molecular weight is 607 g/mol. The highest BCUT2D eigenvalue weighted by Crippen LogP contribution is 2.34. The largest absolute Gasteiger partial charge is 0.447 e. The van der Waals surface area contributed by atoms with E-state index in [0.29, 0.717) is 53.1 Å². The second-order valence-electron chi connectivity index (χ2n) is 9.51. The Labute approximate surface area is 249 Å². The lowest BCUT2D eigenvalue weighted by Gasteiger charge is -2.15. The lowest BCUT2D eigenvalue weighted by atomic mass is 10.0. The lowest BCUT2D eigenvalue weighted by molar-refractivity contribution is 0.107. The molecule has 1 aliphatic heterocycles. The molecule has 6 rings (SSSR count). The Morgan fingerprint density at radius 1 is 1.12 bits per heavy atom. The molecule has 1 aliphatic rings. The number of rotatable bonds is 8. The molecule has 0 saturated heterocycles. The summed E-state index contributed by atoms with van der Waals surface area (Å²) in [6.45, 7) is 0.466. The van der Waals surface area contributed by atoms with E-state index in [-0.39, 0.29) is 23.4 Å². The minimum Gasteiger partial charge on any atom is -0.447 e. The van der Waals surface area contributed by atoms with Crippen molar-refractivity contribution in [3.63, 3.8) is 0 Å². The Morgan fingerprint density at radius 3 is 2.76 bits per heavy atom. The van der Waals surface area contributed by atoms with Crippen LogP contribution in [-0.2, 0) is 15.9 Å². The minimum atomic E-state index is -0.590. The molecule has 42 heavy (non-hydrogen) atoms. The molecule has 0 spiro atoms. The maximum atomic E-state index is 13.5. The first kappa shape index (κ1) is 27.6. The molecule has 1 atom stereocenters. The van der Waals surface area contributed by atoms with Gasteiger partial charge in [-0.3, -0.25) is 15.1 Å². The van der Waals surface area contributed by atoms with Crippen molar-refractivity contribution in [2.45, 2.75) is 18.9 Å². The van der Waals surface area contributed by atoms with Crippen molar-refractivity contribution >= 4 is 35.0 Å². The van der Waals surface area contributed by atoms with Crippen molar-refractivity contribution < 1.29 is 14.3 Å². The third kappa shape index (κ3) is 5.64. The van der Waals surface area contributed by atoms with E-state index in [9.17, 15) is 9.59 Å². The summed E-state index contributed by atoms with van der Waals surface area (Å²) in [7, 11) is 1.53. The first-order chi connectivity index (χ1) is 20.4. The number of ether oxygens (including phenoxy) is 2. The van der Waals surface area contributed by atoms with Gasteiger partial charge in [0.25, 0.3) is 5.56 Å². The van der Waals surface area contributed by atoms with Crippen LogP contribution < -0.4 is 10.9 Å². The van der Waals surface area contributed by atoms with Crippen LogP contribution in [0.2, 0.25) is 10.2 Å². The number of aryl methyl sites for hydroxylation is 1. The highest BCUT2D eigenvalue weighted by molar-refractivity contribution is 6.31. The number of nitrogens with zero attached hydrogens (tertiary/aromatic N) is 6. The van der Waals surface area contributed by atoms with Crippen LogP contribution in [0.3, 0.4) is 0 Å². The number of fused-ring (bicyclic) bond motifs is 1. The van der Waals surface area contributed by atoms with Crippen molar-refractivity contribution in [3.8, 4) is 28.2 Å². The second-order valence-corrected chi connectivity index (χ2v) is 10.3. The minimum absolute atomic E-state index is 0.152. The van der Waals surface area contributed by atoms with Gasteiger partial charge in [-0.2, -0.15) is 0 Å². The Balaban J connectivity index is 1.23. The lowest BCUT2D eigenvalue weighted by Crippen LogP contribution is -2.23. The number of methoxy groups -OCH3 is 1. The first-order valence-corrected chi connectivity index (χ1v) is 13.7. The maximum Gasteiger partial charge on any atom is 0.411 e. The van der Waals surface area contributed by atoms with E-state index in [1.807, 2.05) is 12.1 Å². The molecule has 14 heteroatoms. The van der Waals surface area contributed by atoms with Crippen LogP contribution in [0.4, 0.5) is 10.5 Å². The number of halogens is 2. The average Bonchev–Trinajstić information content (AvgIpc) is 3.73. The molecule has 12 nitrogen and oxygen atoms in total. The zero-order valence-corrected chi connectivity index (χ0v) is 23.8. The van der Waals surface area contributed by atoms with E-state index in [4.69, 9.17) is 32.7 Å². The predicted molar refractivity (Wildman–Crippen MR) is 156 cm³/mol. The number of amides is 1. The van der Waals surface area contributed by atoms with Crippen LogP contribution in [0, 0.1) is 0 Å². The summed E-state index contributed by atoms with van der Waals surface area (Å²) in [5.74, 6) is 0.657. The number of anilines is 1. The van der Waals surface area contributed by atoms with E-state index in [1.165, 1.54) is 13.3 Å². The van der Waals surface area contributed by atoms with E-state index in [1.54, 1.807) is 52.0 Å². The quantitative estimate of drug-likeness (QED) is 0.237. The fourth-order valence-corrected chi connectivity index (χ4v) is 5.24. The number of imidazole rings is 1. The number of pyridine rings is 2. The van der Waals surface area contributed by atoms with Crippen LogP contribution in [0.1, 0.15) is 24.0 Å². The number of aromatic amines is 1. The van der Waals surface area contributed by atoms with E-state index < -0.39 is 6.09 Å². The van der Waals surface area contributed by atoms with Gasteiger partial charge in [0.05, 0.1) is 54.0 Å². The van der Waals surface area contributed by atoms with Gasteiger partial charge < -0.3 is 19.0 Å². The van der Waals surface area contributed by atoms with E-state index in [0.717, 1.165) is 16.8 Å². The molecule has 1 amide bonds. The fraction of sp³-hybridized carbons (Fsp3) is 0.214. The predicted octanol–water partition coefficient (Wildman–Crippen LogP) is 4.92. The molecular formula is C28H24Cl2N8O4. The van der Waals surface area contributed by atoms with Gasteiger partial charge in [0.1, 0.15) is 12.4 Å². The molecule has 0 aliphatic carbocycles. The van der Waals surface area contributed by atoms with E-state index >= 15 is 0 Å². The number of aromatic nitrogens is 7. The molecule has 2 N–H and O–H groups in total. The fourth-order valence-electron chi connectivity index (χ4n) is 4.94. The Kier molecular flexibility index (Phi) is 7.74. The molecule has 0 fully saturated rings. The molecule has 0 bridgehead atoms. The molecule has 1 aromatic carbocycles. The van der Waals surface area contributed by atoms with Gasteiger partial charge in [-0.25, -0.2) is 14.5 Å². The third-order valence-electron chi connectivity index (χ3n) is 6.83. The SMILES string of the molecule is COCCOC(=O)Nc1ccc(-c2cnc([C@@H]3CCc4cc(-c5cc(Cl)ccc5-n5cc(Cl)nn5)cc(=O)n43)[nH]2)nc1. The van der Waals surface area contributed by atoms with Crippen molar-refractivity contribution in [3.05, 3.63) is 93.1 Å². The summed E-state index contributed by atoms with van der Waals surface area (Å²) >= 11 is 12.3. The standard InChI is InChI=1S/C28H24Cl2N8O4/c1-41-8-9-42-28(40)33-18-3-5-21(31-13-18)22-14-32-27(34-22)24-7-4-19-10-16(11-26(39)38(19)24)20-12-17(29)2-6-23(20)37-15-25(30)35-36-37/h2-3,5-6,10-15,24H,4,7-9H2,1H3,(H,32,34)(H,33,40)/t24-/m0/s1. The number of H-pyrrole nitrogens is 1. The first-order valence-electron chi connectivity index (χ1n) is 13.0. The molecule has 0 saturated carbocycles. The summed E-state index contributed by atoms with van der Waals surface area (Å²) < 4.78 is 13.2. The second kappa shape index (κ2) is 11.8. The molecular weight excluding hydrogens is 583 g/mol. The number of carbonyl (C=O) groups is 1. The highest BCUT2D eigenvalue weighted by atomic mass is 35.5. The summed E-state index contributed by atoms with van der Waals surface area (Å²) in [6.07, 6.45) is 5.61. The number of carbonyl (C=O) groups excluding carboxylic acids is 1. The Hall–Kier alpha value is -4.52. The van der Waals surface area contributed by atoms with Crippen LogP contribution in [0.5, 0.6) is 0 Å². The number of hydrogen-bond acceptors (Lipinski definition) is 8. The normalized spacial score (nSPS) is 14.1. The van der Waals surface area contributed by atoms with Gasteiger partial charge >= 0.3 is 6.09 Å². The van der Waals surface area contributed by atoms with Gasteiger partial charge in [0.2, 0.25) is 0 Å². The summed E-state index contributed by atoms with van der Waals surface area (Å²) in [5, 5.41) is 11.3. The van der Waals surface area contributed by atoms with E-state index in [2.05, 4.69) is 30.6 Å². The van der Waals surface area contributed by atoms with Crippen LogP contribution in [-0.4, -0.2) is 60.9 Å². The molecule has 5 aromatic rings. The van der Waals surface area contributed by atoms with Crippen molar-refractivity contribution in [2.24, 2.45) is 0 Å². The summed E-state index contributed by atoms with van der Waals surface area (Å²) in [5.41, 5.74) is 4.69. The van der Waals surface area contributed by atoms with Gasteiger partial charge in [-0.15, -0.1) is 5.10 Å². The highest BCUT2D eigenvalue weighted by Gasteiger charge is 2.28. The molecule has 5 heterocycles. The van der Waals surface area contributed by atoms with Crippen LogP contribution in [0.15, 0.2) is 65.8 Å². The number of hydrogen-bond donors (Lipinski definition) is 2. The zero-order valence-electron chi connectivity index (χ0n) is 22.3. The summed E-state index contributed by atoms with van der Waals surface area (Å²) in [6, 6.07) is 12.2.